The van der Waals surface area contributed by atoms with Gasteiger partial charge in [0.05, 0.1) is 6.54 Å². The molecule has 1 fully saturated rings. The van der Waals surface area contributed by atoms with Gasteiger partial charge in [-0.1, -0.05) is 22.0 Å². The van der Waals surface area contributed by atoms with Crippen molar-refractivity contribution in [2.45, 2.75) is 25.8 Å². The summed E-state index contributed by atoms with van der Waals surface area (Å²) in [6.45, 7) is 2.52. The van der Waals surface area contributed by atoms with E-state index in [9.17, 15) is 4.79 Å². The zero-order valence-electron chi connectivity index (χ0n) is 9.87. The van der Waals surface area contributed by atoms with Crippen LogP contribution >= 0.6 is 15.9 Å². The highest BCUT2D eigenvalue weighted by atomic mass is 79.9. The van der Waals surface area contributed by atoms with Crippen LogP contribution in [0.1, 0.15) is 19.8 Å². The second-order valence-electron chi connectivity index (χ2n) is 4.57. The standard InChI is InChI=1S/C13H17BrN2O/c1-9(10-5-6-10)15-8-13(17)16-12-4-2-3-11(14)7-12/h2-4,7,9-10,15H,5-6,8H2,1H3,(H,16,17). The van der Waals surface area contributed by atoms with Crippen LogP contribution in [0.5, 0.6) is 0 Å². The van der Waals surface area contributed by atoms with Gasteiger partial charge in [-0.25, -0.2) is 0 Å². The second kappa shape index (κ2) is 5.65. The topological polar surface area (TPSA) is 41.1 Å². The summed E-state index contributed by atoms with van der Waals surface area (Å²) in [4.78, 5) is 11.7. The number of carbonyl (C=O) groups is 1. The molecule has 0 saturated heterocycles. The Morgan fingerprint density at radius 2 is 2.29 bits per heavy atom. The average Bonchev–Trinajstić information content (AvgIpc) is 3.09. The highest BCUT2D eigenvalue weighted by Gasteiger charge is 2.27. The number of hydrogen-bond donors (Lipinski definition) is 2. The third-order valence-electron chi connectivity index (χ3n) is 3.02. The molecule has 1 aromatic carbocycles. The quantitative estimate of drug-likeness (QED) is 0.877. The minimum Gasteiger partial charge on any atom is -0.325 e. The lowest BCUT2D eigenvalue weighted by Crippen LogP contribution is -2.35. The largest absolute Gasteiger partial charge is 0.325 e. The van der Waals surface area contributed by atoms with Gasteiger partial charge in [0.25, 0.3) is 0 Å². The number of carbonyl (C=O) groups excluding carboxylic acids is 1. The van der Waals surface area contributed by atoms with Crippen molar-refractivity contribution in [1.82, 2.24) is 5.32 Å². The Balaban J connectivity index is 1.76. The molecule has 2 rings (SSSR count). The molecule has 0 spiro atoms. The molecule has 4 heteroatoms. The molecule has 0 bridgehead atoms. The highest BCUT2D eigenvalue weighted by Crippen LogP contribution is 2.32. The van der Waals surface area contributed by atoms with E-state index in [1.807, 2.05) is 24.3 Å². The van der Waals surface area contributed by atoms with Gasteiger partial charge in [-0.3, -0.25) is 4.79 Å². The molecule has 1 amide bonds. The van der Waals surface area contributed by atoms with Crippen molar-refractivity contribution in [2.75, 3.05) is 11.9 Å². The van der Waals surface area contributed by atoms with Crippen LogP contribution in [0.3, 0.4) is 0 Å². The van der Waals surface area contributed by atoms with Crippen molar-refractivity contribution in [2.24, 2.45) is 5.92 Å². The summed E-state index contributed by atoms with van der Waals surface area (Å²) in [5.74, 6) is 0.782. The maximum atomic E-state index is 11.7. The van der Waals surface area contributed by atoms with Crippen LogP contribution in [0.15, 0.2) is 28.7 Å². The molecular formula is C13H17BrN2O. The Hall–Kier alpha value is -0.870. The maximum absolute atomic E-state index is 11.7. The number of nitrogens with one attached hydrogen (secondary N) is 2. The first kappa shape index (κ1) is 12.6. The Morgan fingerprint density at radius 3 is 2.94 bits per heavy atom. The second-order valence-corrected chi connectivity index (χ2v) is 5.48. The molecule has 1 saturated carbocycles. The SMILES string of the molecule is CC(NCC(=O)Nc1cccc(Br)c1)C1CC1. The summed E-state index contributed by atoms with van der Waals surface area (Å²) >= 11 is 3.37. The Labute approximate surface area is 110 Å². The maximum Gasteiger partial charge on any atom is 0.238 e. The normalized spacial score (nSPS) is 16.6. The van der Waals surface area contributed by atoms with Crippen molar-refractivity contribution < 1.29 is 4.79 Å². The molecular weight excluding hydrogens is 280 g/mol. The van der Waals surface area contributed by atoms with Crippen LogP contribution in [0, 0.1) is 5.92 Å². The van der Waals surface area contributed by atoms with Crippen LogP contribution < -0.4 is 10.6 Å². The van der Waals surface area contributed by atoms with E-state index in [4.69, 9.17) is 0 Å². The number of rotatable bonds is 5. The summed E-state index contributed by atoms with van der Waals surface area (Å²) in [5.41, 5.74) is 0.824. The van der Waals surface area contributed by atoms with Gasteiger partial charge in [0.2, 0.25) is 5.91 Å². The molecule has 0 aliphatic heterocycles. The molecule has 0 radical (unpaired) electrons. The lowest BCUT2D eigenvalue weighted by molar-refractivity contribution is -0.115. The molecule has 0 heterocycles. The molecule has 0 aromatic heterocycles. The number of halogens is 1. The summed E-state index contributed by atoms with van der Waals surface area (Å²) in [6.07, 6.45) is 2.59. The predicted octanol–water partition coefficient (Wildman–Crippen LogP) is 2.78. The Bertz CT molecular complexity index is 404. The van der Waals surface area contributed by atoms with E-state index in [0.717, 1.165) is 16.1 Å². The molecule has 92 valence electrons. The molecule has 2 N–H and O–H groups in total. The van der Waals surface area contributed by atoms with Gasteiger partial charge >= 0.3 is 0 Å². The van der Waals surface area contributed by atoms with E-state index in [0.29, 0.717) is 12.6 Å². The molecule has 1 aromatic rings. The van der Waals surface area contributed by atoms with Crippen molar-refractivity contribution >= 4 is 27.5 Å². The fourth-order valence-electron chi connectivity index (χ4n) is 1.79. The van der Waals surface area contributed by atoms with Crippen LogP contribution in [0.25, 0.3) is 0 Å². The van der Waals surface area contributed by atoms with Gasteiger partial charge in [0.1, 0.15) is 0 Å². The molecule has 3 nitrogen and oxygen atoms in total. The van der Waals surface area contributed by atoms with Crippen LogP contribution in [0.4, 0.5) is 5.69 Å². The first-order valence-electron chi connectivity index (χ1n) is 5.94. The number of hydrogen-bond acceptors (Lipinski definition) is 2. The Morgan fingerprint density at radius 1 is 1.53 bits per heavy atom. The van der Waals surface area contributed by atoms with E-state index in [1.54, 1.807) is 0 Å². The summed E-state index contributed by atoms with van der Waals surface area (Å²) < 4.78 is 0.967. The summed E-state index contributed by atoms with van der Waals surface area (Å²) in [6, 6.07) is 8.06. The average molecular weight is 297 g/mol. The van der Waals surface area contributed by atoms with Crippen molar-refractivity contribution in [3.8, 4) is 0 Å². The van der Waals surface area contributed by atoms with Gasteiger partial charge in [0.15, 0.2) is 0 Å². The number of anilines is 1. The van der Waals surface area contributed by atoms with Crippen molar-refractivity contribution in [3.05, 3.63) is 28.7 Å². The van der Waals surface area contributed by atoms with Crippen LogP contribution in [-0.4, -0.2) is 18.5 Å². The van der Waals surface area contributed by atoms with E-state index < -0.39 is 0 Å². The van der Waals surface area contributed by atoms with Gasteiger partial charge in [-0.05, 0) is 43.9 Å². The Kier molecular flexibility index (Phi) is 4.18. The first-order chi connectivity index (χ1) is 8.15. The third-order valence-corrected chi connectivity index (χ3v) is 3.52. The first-order valence-corrected chi connectivity index (χ1v) is 6.73. The molecule has 1 atom stereocenters. The molecule has 1 aliphatic rings. The summed E-state index contributed by atoms with van der Waals surface area (Å²) in [7, 11) is 0. The molecule has 1 unspecified atom stereocenters. The van der Waals surface area contributed by atoms with E-state index >= 15 is 0 Å². The molecule has 17 heavy (non-hydrogen) atoms. The highest BCUT2D eigenvalue weighted by molar-refractivity contribution is 9.10. The smallest absolute Gasteiger partial charge is 0.238 e. The van der Waals surface area contributed by atoms with E-state index in [-0.39, 0.29) is 5.91 Å². The zero-order valence-corrected chi connectivity index (χ0v) is 11.5. The summed E-state index contributed by atoms with van der Waals surface area (Å²) in [5, 5.41) is 6.12. The van der Waals surface area contributed by atoms with Crippen LogP contribution in [-0.2, 0) is 4.79 Å². The van der Waals surface area contributed by atoms with E-state index in [1.165, 1.54) is 12.8 Å². The van der Waals surface area contributed by atoms with Crippen LogP contribution in [0.2, 0.25) is 0 Å². The molecule has 1 aliphatic carbocycles. The van der Waals surface area contributed by atoms with Gasteiger partial charge in [0, 0.05) is 16.2 Å². The minimum absolute atomic E-state index is 0.00981. The minimum atomic E-state index is 0.00981. The van der Waals surface area contributed by atoms with Gasteiger partial charge in [-0.2, -0.15) is 0 Å². The fraction of sp³-hybridized carbons (Fsp3) is 0.462. The monoisotopic (exact) mass is 296 g/mol. The lowest BCUT2D eigenvalue weighted by atomic mass is 10.2. The van der Waals surface area contributed by atoms with Crippen molar-refractivity contribution in [3.63, 3.8) is 0 Å². The number of amides is 1. The number of benzene rings is 1. The zero-order chi connectivity index (χ0) is 12.3. The lowest BCUT2D eigenvalue weighted by Gasteiger charge is -2.12. The third kappa shape index (κ3) is 4.13. The van der Waals surface area contributed by atoms with Gasteiger partial charge in [-0.15, -0.1) is 0 Å². The van der Waals surface area contributed by atoms with Crippen molar-refractivity contribution in [1.29, 1.82) is 0 Å². The van der Waals surface area contributed by atoms with E-state index in [2.05, 4.69) is 33.5 Å². The predicted molar refractivity (Wildman–Crippen MR) is 73.0 cm³/mol. The van der Waals surface area contributed by atoms with Gasteiger partial charge < -0.3 is 10.6 Å². The fourth-order valence-corrected chi connectivity index (χ4v) is 2.19.